The van der Waals surface area contributed by atoms with Crippen LogP contribution in [0.4, 0.5) is 10.1 Å². The number of anilines is 1. The average Bonchev–Trinajstić information content (AvgIpc) is 2.29. The van der Waals surface area contributed by atoms with E-state index in [-0.39, 0.29) is 11.8 Å². The lowest BCUT2D eigenvalue weighted by Crippen LogP contribution is -2.33. The first kappa shape index (κ1) is 14.0. The highest BCUT2D eigenvalue weighted by molar-refractivity contribution is 9.10. The van der Waals surface area contributed by atoms with E-state index >= 15 is 0 Å². The minimum absolute atomic E-state index is 0.303. The van der Waals surface area contributed by atoms with E-state index in [4.69, 9.17) is 0 Å². The Bertz CT molecular complexity index is 421. The van der Waals surface area contributed by atoms with E-state index in [0.717, 1.165) is 0 Å². The van der Waals surface area contributed by atoms with Crippen LogP contribution in [0.5, 0.6) is 0 Å². The van der Waals surface area contributed by atoms with Gasteiger partial charge < -0.3 is 10.1 Å². The van der Waals surface area contributed by atoms with Gasteiger partial charge in [-0.15, -0.1) is 0 Å². The standard InChI is InChI=1S/C12H15BrFNO2/c1-12(2,11(16)17-3)7-15-8-4-5-9(13)10(14)6-8/h4-6,15H,7H2,1-3H3. The second-order valence-corrected chi connectivity index (χ2v) is 5.21. The fourth-order valence-electron chi connectivity index (χ4n) is 1.28. The summed E-state index contributed by atoms with van der Waals surface area (Å²) in [6.45, 7) is 3.91. The molecule has 1 rings (SSSR count). The van der Waals surface area contributed by atoms with Crippen LogP contribution in [0.25, 0.3) is 0 Å². The van der Waals surface area contributed by atoms with Crippen LogP contribution in [0, 0.1) is 11.2 Å². The summed E-state index contributed by atoms with van der Waals surface area (Å²) in [7, 11) is 1.35. The van der Waals surface area contributed by atoms with Crippen molar-refractivity contribution in [3.05, 3.63) is 28.5 Å². The number of hydrogen-bond acceptors (Lipinski definition) is 3. The number of hydrogen-bond donors (Lipinski definition) is 1. The minimum Gasteiger partial charge on any atom is -0.469 e. The number of carbonyl (C=O) groups excluding carboxylic acids is 1. The predicted octanol–water partition coefficient (Wildman–Crippen LogP) is 3.20. The van der Waals surface area contributed by atoms with Gasteiger partial charge in [0.05, 0.1) is 17.0 Å². The van der Waals surface area contributed by atoms with Crippen molar-refractivity contribution in [1.29, 1.82) is 0 Å². The van der Waals surface area contributed by atoms with E-state index in [2.05, 4.69) is 26.0 Å². The van der Waals surface area contributed by atoms with Crippen molar-refractivity contribution in [1.82, 2.24) is 0 Å². The molecule has 3 nitrogen and oxygen atoms in total. The van der Waals surface area contributed by atoms with Crippen LogP contribution in [0.1, 0.15) is 13.8 Å². The molecule has 1 aromatic rings. The first-order chi connectivity index (χ1) is 7.86. The number of rotatable bonds is 4. The van der Waals surface area contributed by atoms with Crippen molar-refractivity contribution in [2.75, 3.05) is 19.0 Å². The molecule has 0 saturated carbocycles. The number of esters is 1. The molecular weight excluding hydrogens is 289 g/mol. The SMILES string of the molecule is COC(=O)C(C)(C)CNc1ccc(Br)c(F)c1. The maximum Gasteiger partial charge on any atom is 0.313 e. The Morgan fingerprint density at radius 2 is 2.18 bits per heavy atom. The second kappa shape index (κ2) is 5.49. The highest BCUT2D eigenvalue weighted by Gasteiger charge is 2.28. The van der Waals surface area contributed by atoms with Gasteiger partial charge in [-0.2, -0.15) is 0 Å². The van der Waals surface area contributed by atoms with E-state index in [1.165, 1.54) is 13.2 Å². The lowest BCUT2D eigenvalue weighted by molar-refractivity contribution is -0.149. The zero-order valence-electron chi connectivity index (χ0n) is 10.0. The molecule has 0 radical (unpaired) electrons. The molecule has 5 heteroatoms. The number of nitrogens with one attached hydrogen (secondary N) is 1. The highest BCUT2D eigenvalue weighted by Crippen LogP contribution is 2.22. The zero-order valence-corrected chi connectivity index (χ0v) is 11.6. The Labute approximate surface area is 108 Å². The largest absolute Gasteiger partial charge is 0.469 e. The summed E-state index contributed by atoms with van der Waals surface area (Å²) in [5, 5.41) is 3.01. The maximum atomic E-state index is 13.2. The van der Waals surface area contributed by atoms with Crippen molar-refractivity contribution in [2.45, 2.75) is 13.8 Å². The van der Waals surface area contributed by atoms with Gasteiger partial charge in [-0.3, -0.25) is 4.79 Å². The molecule has 0 unspecified atom stereocenters. The quantitative estimate of drug-likeness (QED) is 0.868. The molecule has 1 N–H and O–H groups in total. The average molecular weight is 304 g/mol. The van der Waals surface area contributed by atoms with E-state index in [1.54, 1.807) is 26.0 Å². The molecule has 0 amide bonds. The van der Waals surface area contributed by atoms with Crippen molar-refractivity contribution in [2.24, 2.45) is 5.41 Å². The molecule has 0 saturated heterocycles. The lowest BCUT2D eigenvalue weighted by atomic mass is 9.93. The van der Waals surface area contributed by atoms with Crippen molar-refractivity contribution in [3.8, 4) is 0 Å². The van der Waals surface area contributed by atoms with Gasteiger partial charge in [0.2, 0.25) is 0 Å². The fourth-order valence-corrected chi connectivity index (χ4v) is 1.52. The summed E-state index contributed by atoms with van der Waals surface area (Å²) in [6.07, 6.45) is 0. The van der Waals surface area contributed by atoms with E-state index in [9.17, 15) is 9.18 Å². The topological polar surface area (TPSA) is 38.3 Å². The van der Waals surface area contributed by atoms with Gasteiger partial charge in [-0.25, -0.2) is 4.39 Å². The van der Waals surface area contributed by atoms with Gasteiger partial charge in [0.1, 0.15) is 5.82 Å². The number of benzene rings is 1. The monoisotopic (exact) mass is 303 g/mol. The Morgan fingerprint density at radius 3 is 2.71 bits per heavy atom. The second-order valence-electron chi connectivity index (χ2n) is 4.36. The first-order valence-corrected chi connectivity index (χ1v) is 5.93. The molecule has 0 aliphatic carbocycles. The Hall–Kier alpha value is -1.10. The molecular formula is C12H15BrFNO2. The van der Waals surface area contributed by atoms with Gasteiger partial charge in [-0.1, -0.05) is 0 Å². The van der Waals surface area contributed by atoms with Gasteiger partial charge in [0.15, 0.2) is 0 Å². The highest BCUT2D eigenvalue weighted by atomic mass is 79.9. The third-order valence-electron chi connectivity index (χ3n) is 2.39. The van der Waals surface area contributed by atoms with Gasteiger partial charge in [0.25, 0.3) is 0 Å². The third kappa shape index (κ3) is 3.70. The van der Waals surface area contributed by atoms with Crippen LogP contribution < -0.4 is 5.32 Å². The number of halogens is 2. The van der Waals surface area contributed by atoms with Gasteiger partial charge in [-0.05, 0) is 48.0 Å². The molecule has 0 aromatic heterocycles. The van der Waals surface area contributed by atoms with Gasteiger partial charge in [0, 0.05) is 12.2 Å². The molecule has 0 fully saturated rings. The Morgan fingerprint density at radius 1 is 1.53 bits per heavy atom. The summed E-state index contributed by atoms with van der Waals surface area (Å²) in [5.41, 5.74) is -0.0270. The third-order valence-corrected chi connectivity index (χ3v) is 3.04. The zero-order chi connectivity index (χ0) is 13.1. The minimum atomic E-state index is -0.654. The summed E-state index contributed by atoms with van der Waals surface area (Å²) < 4.78 is 18.3. The summed E-state index contributed by atoms with van der Waals surface area (Å²) in [6, 6.07) is 4.72. The normalized spacial score (nSPS) is 11.1. The molecule has 0 heterocycles. The van der Waals surface area contributed by atoms with E-state index in [1.807, 2.05) is 0 Å². The van der Waals surface area contributed by atoms with Crippen LogP contribution in [-0.2, 0) is 9.53 Å². The summed E-state index contributed by atoms with van der Waals surface area (Å²) >= 11 is 3.08. The van der Waals surface area contributed by atoms with E-state index < -0.39 is 5.41 Å². The summed E-state index contributed by atoms with van der Waals surface area (Å²) in [4.78, 5) is 11.4. The molecule has 0 aliphatic rings. The molecule has 0 atom stereocenters. The van der Waals surface area contributed by atoms with Crippen molar-refractivity contribution < 1.29 is 13.9 Å². The fraction of sp³-hybridized carbons (Fsp3) is 0.417. The molecule has 0 bridgehead atoms. The van der Waals surface area contributed by atoms with Crippen molar-refractivity contribution in [3.63, 3.8) is 0 Å². The number of carbonyl (C=O) groups is 1. The van der Waals surface area contributed by atoms with E-state index in [0.29, 0.717) is 16.7 Å². The number of methoxy groups -OCH3 is 1. The smallest absolute Gasteiger partial charge is 0.313 e. The summed E-state index contributed by atoms with van der Waals surface area (Å²) in [5.74, 6) is -0.645. The molecule has 94 valence electrons. The molecule has 0 aliphatic heterocycles. The van der Waals surface area contributed by atoms with Crippen LogP contribution in [-0.4, -0.2) is 19.6 Å². The lowest BCUT2D eigenvalue weighted by Gasteiger charge is -2.22. The Kier molecular flexibility index (Phi) is 4.51. The Balaban J connectivity index is 2.67. The van der Waals surface area contributed by atoms with Crippen molar-refractivity contribution >= 4 is 27.6 Å². The molecule has 1 aromatic carbocycles. The van der Waals surface area contributed by atoms with Crippen LogP contribution >= 0.6 is 15.9 Å². The van der Waals surface area contributed by atoms with Crippen LogP contribution in [0.2, 0.25) is 0 Å². The van der Waals surface area contributed by atoms with Crippen LogP contribution in [0.15, 0.2) is 22.7 Å². The predicted molar refractivity (Wildman–Crippen MR) is 68.4 cm³/mol. The number of ether oxygens (including phenoxy) is 1. The molecule has 17 heavy (non-hydrogen) atoms. The molecule has 0 spiro atoms. The first-order valence-electron chi connectivity index (χ1n) is 5.14. The maximum absolute atomic E-state index is 13.2. The van der Waals surface area contributed by atoms with Gasteiger partial charge >= 0.3 is 5.97 Å². The van der Waals surface area contributed by atoms with Crippen LogP contribution in [0.3, 0.4) is 0 Å².